The number of Topliss-reactive ketones (excluding diaryl/α,β-unsaturated/α-hetero) is 1. The van der Waals surface area contributed by atoms with E-state index in [1.165, 1.54) is 0 Å². The third kappa shape index (κ3) is 4.01. The summed E-state index contributed by atoms with van der Waals surface area (Å²) < 4.78 is 12.0. The second-order valence-electron chi connectivity index (χ2n) is 4.05. The highest BCUT2D eigenvalue weighted by Crippen LogP contribution is 2.15. The van der Waals surface area contributed by atoms with Gasteiger partial charge in [0.2, 0.25) is 0 Å². The molecule has 1 unspecified atom stereocenters. The van der Waals surface area contributed by atoms with Crippen LogP contribution in [0.15, 0.2) is 59.5 Å². The van der Waals surface area contributed by atoms with Crippen molar-refractivity contribution in [1.82, 2.24) is 0 Å². The van der Waals surface area contributed by atoms with Gasteiger partial charge in [-0.3, -0.25) is 9.00 Å². The Morgan fingerprint density at radius 1 is 1.05 bits per heavy atom. The van der Waals surface area contributed by atoms with Gasteiger partial charge < -0.3 is 0 Å². The second kappa shape index (κ2) is 6.64. The maximum Gasteiger partial charge on any atom is 0.163 e. The molecule has 0 saturated carbocycles. The molecule has 0 amide bonds. The Bertz CT molecular complexity index is 596. The molecule has 0 fully saturated rings. The molecular formula is C15H13ClO2S. The first-order valence-electron chi connectivity index (χ1n) is 5.89. The molecule has 0 radical (unpaired) electrons. The van der Waals surface area contributed by atoms with Gasteiger partial charge in [-0.25, -0.2) is 0 Å². The van der Waals surface area contributed by atoms with Gasteiger partial charge in [-0.05, 0) is 18.2 Å². The lowest BCUT2D eigenvalue weighted by molar-refractivity contribution is 0.0989. The predicted molar refractivity (Wildman–Crippen MR) is 78.1 cm³/mol. The summed E-state index contributed by atoms with van der Waals surface area (Å²) in [7, 11) is -1.19. The van der Waals surface area contributed by atoms with E-state index in [4.69, 9.17) is 11.6 Å². The largest absolute Gasteiger partial charge is 0.294 e. The van der Waals surface area contributed by atoms with Crippen LogP contribution in [-0.2, 0) is 10.8 Å². The Morgan fingerprint density at radius 3 is 2.47 bits per heavy atom. The molecule has 2 nitrogen and oxygen atoms in total. The van der Waals surface area contributed by atoms with Gasteiger partial charge in [-0.15, -0.1) is 0 Å². The number of rotatable bonds is 5. The van der Waals surface area contributed by atoms with Crippen molar-refractivity contribution in [3.63, 3.8) is 0 Å². The summed E-state index contributed by atoms with van der Waals surface area (Å²) in [6.07, 6.45) is 0.267. The second-order valence-corrected chi connectivity index (χ2v) is 6.05. The zero-order valence-corrected chi connectivity index (χ0v) is 11.8. The summed E-state index contributed by atoms with van der Waals surface area (Å²) in [5.74, 6) is 0.324. The molecule has 2 aromatic carbocycles. The topological polar surface area (TPSA) is 34.1 Å². The molecule has 0 heterocycles. The lowest BCUT2D eigenvalue weighted by atomic mass is 10.1. The number of carbonyl (C=O) groups is 1. The predicted octanol–water partition coefficient (Wildman–Crippen LogP) is 3.72. The Kier molecular flexibility index (Phi) is 4.88. The first kappa shape index (κ1) is 14.0. The van der Waals surface area contributed by atoms with Gasteiger partial charge in [0, 0.05) is 27.7 Å². The molecule has 0 aromatic heterocycles. The number of hydrogen-bond donors (Lipinski definition) is 0. The summed E-state index contributed by atoms with van der Waals surface area (Å²) in [5.41, 5.74) is 0.658. The van der Waals surface area contributed by atoms with E-state index in [-0.39, 0.29) is 12.2 Å². The summed E-state index contributed by atoms with van der Waals surface area (Å²) in [6, 6.07) is 16.0. The van der Waals surface area contributed by atoms with Gasteiger partial charge in [-0.1, -0.05) is 48.0 Å². The third-order valence-electron chi connectivity index (χ3n) is 2.67. The molecule has 0 aliphatic rings. The smallest absolute Gasteiger partial charge is 0.163 e. The molecule has 0 N–H and O–H groups in total. The Balaban J connectivity index is 1.96. The molecule has 2 rings (SSSR count). The van der Waals surface area contributed by atoms with E-state index in [1.54, 1.807) is 36.4 Å². The number of hydrogen-bond acceptors (Lipinski definition) is 2. The van der Waals surface area contributed by atoms with Crippen LogP contribution in [0.1, 0.15) is 16.8 Å². The summed E-state index contributed by atoms with van der Waals surface area (Å²) in [4.78, 5) is 12.5. The summed E-state index contributed by atoms with van der Waals surface area (Å²) in [6.45, 7) is 0. The molecular weight excluding hydrogens is 280 g/mol. The lowest BCUT2D eigenvalue weighted by Gasteiger charge is -2.03. The van der Waals surface area contributed by atoms with Crippen LogP contribution in [-0.4, -0.2) is 15.7 Å². The number of carbonyl (C=O) groups excluding carboxylic acids is 1. The highest BCUT2D eigenvalue weighted by Gasteiger charge is 2.09. The molecule has 0 saturated heterocycles. The maximum atomic E-state index is 12.0. The SMILES string of the molecule is O=C(CCS(=O)c1cccc(Cl)c1)c1ccccc1. The number of benzene rings is 2. The fourth-order valence-corrected chi connectivity index (χ4v) is 3.03. The van der Waals surface area contributed by atoms with Crippen molar-refractivity contribution in [2.24, 2.45) is 0 Å². The minimum Gasteiger partial charge on any atom is -0.294 e. The average Bonchev–Trinajstić information content (AvgIpc) is 2.45. The highest BCUT2D eigenvalue weighted by molar-refractivity contribution is 7.85. The van der Waals surface area contributed by atoms with Crippen molar-refractivity contribution in [2.45, 2.75) is 11.3 Å². The third-order valence-corrected chi connectivity index (χ3v) is 4.26. The Morgan fingerprint density at radius 2 is 1.79 bits per heavy atom. The van der Waals surface area contributed by atoms with Crippen LogP contribution >= 0.6 is 11.6 Å². The van der Waals surface area contributed by atoms with Gasteiger partial charge >= 0.3 is 0 Å². The van der Waals surface area contributed by atoms with Crippen LogP contribution in [0.3, 0.4) is 0 Å². The lowest BCUT2D eigenvalue weighted by Crippen LogP contribution is -2.06. The molecule has 1 atom stereocenters. The molecule has 0 bridgehead atoms. The molecule has 98 valence electrons. The van der Waals surface area contributed by atoms with Crippen LogP contribution in [0.4, 0.5) is 0 Å². The molecule has 0 aliphatic carbocycles. The van der Waals surface area contributed by atoms with E-state index < -0.39 is 10.8 Å². The van der Waals surface area contributed by atoms with Gasteiger partial charge in [0.1, 0.15) is 0 Å². The molecule has 0 spiro atoms. The van der Waals surface area contributed by atoms with Gasteiger partial charge in [0.25, 0.3) is 0 Å². The zero-order valence-electron chi connectivity index (χ0n) is 10.2. The van der Waals surface area contributed by atoms with E-state index >= 15 is 0 Å². The van der Waals surface area contributed by atoms with Gasteiger partial charge in [0.05, 0.1) is 10.8 Å². The van der Waals surface area contributed by atoms with E-state index in [2.05, 4.69) is 0 Å². The first-order chi connectivity index (χ1) is 9.16. The van der Waals surface area contributed by atoms with Crippen molar-refractivity contribution in [3.8, 4) is 0 Å². The zero-order chi connectivity index (χ0) is 13.7. The van der Waals surface area contributed by atoms with Crippen molar-refractivity contribution >= 4 is 28.2 Å². The van der Waals surface area contributed by atoms with Crippen LogP contribution in [0.5, 0.6) is 0 Å². The number of halogens is 1. The van der Waals surface area contributed by atoms with Crippen molar-refractivity contribution in [2.75, 3.05) is 5.75 Å². The summed E-state index contributed by atoms with van der Waals surface area (Å²) in [5, 5.41) is 0.556. The fourth-order valence-electron chi connectivity index (χ4n) is 1.68. The normalized spacial score (nSPS) is 12.1. The average molecular weight is 293 g/mol. The quantitative estimate of drug-likeness (QED) is 0.787. The molecule has 4 heteroatoms. The van der Waals surface area contributed by atoms with Crippen molar-refractivity contribution < 1.29 is 9.00 Å². The molecule has 0 aliphatic heterocycles. The highest BCUT2D eigenvalue weighted by atomic mass is 35.5. The molecule has 19 heavy (non-hydrogen) atoms. The van der Waals surface area contributed by atoms with Crippen LogP contribution < -0.4 is 0 Å². The van der Waals surface area contributed by atoms with E-state index in [0.29, 0.717) is 21.2 Å². The molecule has 2 aromatic rings. The fraction of sp³-hybridized carbons (Fsp3) is 0.133. The minimum absolute atomic E-state index is 0.0102. The Hall–Kier alpha value is -1.45. The van der Waals surface area contributed by atoms with Gasteiger partial charge in [-0.2, -0.15) is 0 Å². The minimum atomic E-state index is -1.19. The van der Waals surface area contributed by atoms with Gasteiger partial charge in [0.15, 0.2) is 5.78 Å². The first-order valence-corrected chi connectivity index (χ1v) is 7.59. The monoisotopic (exact) mass is 292 g/mol. The van der Waals surface area contributed by atoms with Crippen molar-refractivity contribution in [3.05, 3.63) is 65.2 Å². The Labute approximate surface area is 119 Å². The maximum absolute atomic E-state index is 12.0. The van der Waals surface area contributed by atoms with E-state index in [9.17, 15) is 9.00 Å². The number of ketones is 1. The van der Waals surface area contributed by atoms with Crippen LogP contribution in [0.2, 0.25) is 5.02 Å². The van der Waals surface area contributed by atoms with Crippen LogP contribution in [0, 0.1) is 0 Å². The van der Waals surface area contributed by atoms with Crippen LogP contribution in [0.25, 0.3) is 0 Å². The van der Waals surface area contributed by atoms with Crippen molar-refractivity contribution in [1.29, 1.82) is 0 Å². The van der Waals surface area contributed by atoms with E-state index in [1.807, 2.05) is 18.2 Å². The summed E-state index contributed by atoms with van der Waals surface area (Å²) >= 11 is 5.85. The van der Waals surface area contributed by atoms with E-state index in [0.717, 1.165) is 0 Å². The standard InChI is InChI=1S/C15H13ClO2S/c16-13-7-4-8-14(11-13)19(18)10-9-15(17)12-5-2-1-3-6-12/h1-8,11H,9-10H2.